The van der Waals surface area contributed by atoms with Crippen LogP contribution in [0, 0.1) is 58.2 Å². The highest BCUT2D eigenvalue weighted by molar-refractivity contribution is 7.92. The van der Waals surface area contributed by atoms with Crippen LogP contribution in [0.15, 0.2) is 72.8 Å². The summed E-state index contributed by atoms with van der Waals surface area (Å²) in [5.74, 6) is -3.72. The number of methoxy groups -OCH3 is 4. The average molecular weight is 1700 g/mol. The average Bonchev–Trinajstić information content (AvgIpc) is 1.56. The molecule has 16 atom stereocenters. The molecule has 28 nitrogen and oxygen atoms in total. The number of nitrogens with zero attached hydrogens (tertiary/aromatic N) is 4. The second-order valence-electron chi connectivity index (χ2n) is 36.9. The van der Waals surface area contributed by atoms with Gasteiger partial charge in [0.05, 0.1) is 112 Å². The lowest BCUT2D eigenvalue weighted by atomic mass is 9.79. The molecule has 30 heteroatoms. The van der Waals surface area contributed by atoms with E-state index in [-0.39, 0.29) is 135 Å². The van der Waals surface area contributed by atoms with E-state index in [0.29, 0.717) is 137 Å². The fourth-order valence-corrected chi connectivity index (χ4v) is 21.6. The lowest BCUT2D eigenvalue weighted by Gasteiger charge is -2.35. The van der Waals surface area contributed by atoms with Crippen molar-refractivity contribution in [2.45, 2.75) is 254 Å². The van der Waals surface area contributed by atoms with Gasteiger partial charge in [0.2, 0.25) is 67.2 Å². The summed E-state index contributed by atoms with van der Waals surface area (Å²) in [5.41, 5.74) is -4.19. The van der Waals surface area contributed by atoms with Gasteiger partial charge in [-0.3, -0.25) is 47.8 Å². The van der Waals surface area contributed by atoms with Gasteiger partial charge in [-0.25, -0.2) is 16.8 Å². The third kappa shape index (κ3) is 19.8. The minimum atomic E-state index is -3.97. The van der Waals surface area contributed by atoms with Gasteiger partial charge in [0.25, 0.3) is 0 Å². The normalized spacial score (nSPS) is 32.4. The molecule has 10 aliphatic rings. The predicted octanol–water partition coefficient (Wildman–Crippen LogP) is 12.2. The molecule has 0 spiro atoms. The molecule has 4 amide bonds. The van der Waals surface area contributed by atoms with Crippen LogP contribution in [0.2, 0.25) is 0 Å². The Bertz CT molecular complexity index is 4510. The quantitative estimate of drug-likeness (QED) is 0.0545. The number of hydrogen-bond donors (Lipinski definition) is 2. The van der Waals surface area contributed by atoms with Crippen molar-refractivity contribution >= 4 is 88.7 Å². The number of pyridine rings is 2. The number of benzene rings is 2. The maximum atomic E-state index is 15.3. The first-order valence-corrected chi connectivity index (χ1v) is 46.1. The Morgan fingerprint density at radius 3 is 1.27 bits per heavy atom. The Hall–Kier alpha value is -8.48. The number of hydrogen-bond acceptors (Lipinski definition) is 24. The van der Waals surface area contributed by atoms with E-state index in [4.69, 9.17) is 47.4 Å². The Morgan fingerprint density at radius 2 is 0.925 bits per heavy atom. The maximum absolute atomic E-state index is 15.3. The zero-order valence-electron chi connectivity index (χ0n) is 71.7. The predicted molar refractivity (Wildman–Crippen MR) is 446 cm³/mol. The van der Waals surface area contributed by atoms with Crippen LogP contribution in [0.3, 0.4) is 0 Å². The first-order valence-electron chi connectivity index (χ1n) is 43.2. The van der Waals surface area contributed by atoms with E-state index in [1.54, 1.807) is 52.3 Å². The Kier molecular flexibility index (Phi) is 26.9. The summed E-state index contributed by atoms with van der Waals surface area (Å²) >= 11 is 0. The molecular weight excluding hydrogens is 1580 g/mol. The highest BCUT2D eigenvalue weighted by Gasteiger charge is 2.65. The van der Waals surface area contributed by atoms with Crippen molar-refractivity contribution in [3.8, 4) is 35.0 Å². The number of ether oxygens (including phenoxy) is 10. The van der Waals surface area contributed by atoms with Crippen LogP contribution in [-0.2, 0) is 77.4 Å². The number of ketones is 2. The van der Waals surface area contributed by atoms with Crippen molar-refractivity contribution in [2.24, 2.45) is 58.2 Å². The third-order valence-corrected chi connectivity index (χ3v) is 31.8. The molecule has 656 valence electrons. The zero-order valence-corrected chi connectivity index (χ0v) is 73.3. The van der Waals surface area contributed by atoms with E-state index in [1.807, 2.05) is 76.3 Å². The summed E-state index contributed by atoms with van der Waals surface area (Å²) < 4.78 is 115. The van der Waals surface area contributed by atoms with E-state index < -0.39 is 111 Å². The first-order chi connectivity index (χ1) is 57.0. The van der Waals surface area contributed by atoms with Crippen molar-refractivity contribution in [1.82, 2.24) is 29.2 Å². The second kappa shape index (κ2) is 36.1. The smallest absolute Gasteiger partial charge is 0.307 e. The number of aromatic nitrogens is 2. The molecule has 2 N–H and O–H groups in total. The van der Waals surface area contributed by atoms with Gasteiger partial charge in [0.15, 0.2) is 11.6 Å². The molecule has 4 saturated carbocycles. The van der Waals surface area contributed by atoms with Gasteiger partial charge >= 0.3 is 11.9 Å². The van der Waals surface area contributed by atoms with Crippen LogP contribution < -0.4 is 37.9 Å². The molecule has 120 heavy (non-hydrogen) atoms. The van der Waals surface area contributed by atoms with E-state index >= 15 is 9.59 Å². The van der Waals surface area contributed by atoms with E-state index in [0.717, 1.165) is 36.5 Å². The number of carbonyl (C=O) groups is 8. The summed E-state index contributed by atoms with van der Waals surface area (Å²) in [5, 5.41) is 2.85. The topological polar surface area (TPSA) is 353 Å². The molecule has 0 bridgehead atoms. The third-order valence-electron chi connectivity index (χ3n) is 27.5. The number of Topliss-reactive ketones (excluding diaryl/α,β-unsaturated/α-hetero) is 2. The number of sulfonamides is 2. The fraction of sp³-hybridized carbons (Fsp3) is 0.667. The Labute approximate surface area is 705 Å². The maximum Gasteiger partial charge on any atom is 0.307 e. The SMILES string of the molecule is CC[C@@H]1C[C@@H](C)CC/C=C\[C@@H]2C[C@@]2(C(=O)NS(=O)(=O)C2(C)CC2)CC(=O)[C@@H]2C[C@@H](Oc3nc(OC)cc4cc(OC)ccc34)CN2C(=O)[C@H]1CC(=O)OC1(C)CCCOC1.CC[C@@H]1C[C@H](C)CC/C=C\[C@@H]2C[C@@]2(C(=O)NS(=O)(=O)C2(C)CC2)CC(=O)[C@@H]2C[C@@H](Oc3nc(OC)cc4cc(OC)ccc34)CN2C(=O)[C@H]1CC(=O)OC1(C)CCCOC1. The molecule has 4 aromatic rings. The summed E-state index contributed by atoms with van der Waals surface area (Å²) in [6.07, 6.45) is 16.7. The highest BCUT2D eigenvalue weighted by atomic mass is 32.2. The number of esters is 2. The molecule has 2 aromatic carbocycles. The first kappa shape index (κ1) is 89.3. The van der Waals surface area contributed by atoms with Crippen molar-refractivity contribution in [2.75, 3.05) is 68.0 Å². The van der Waals surface area contributed by atoms with Gasteiger partial charge in [-0.1, -0.05) is 64.8 Å². The van der Waals surface area contributed by atoms with Crippen LogP contribution in [0.1, 0.15) is 209 Å². The number of amides is 4. The number of rotatable bonds is 22. The molecule has 6 aliphatic heterocycles. The van der Waals surface area contributed by atoms with E-state index in [1.165, 1.54) is 24.0 Å². The lowest BCUT2D eigenvalue weighted by Crippen LogP contribution is -2.48. The number of fused-ring (bicyclic) bond motifs is 6. The molecule has 14 rings (SSSR count). The minimum Gasteiger partial charge on any atom is -0.497 e. The second-order valence-corrected chi connectivity index (χ2v) is 41.3. The van der Waals surface area contributed by atoms with Crippen LogP contribution in [0.25, 0.3) is 21.5 Å². The molecule has 2 unspecified atom stereocenters. The van der Waals surface area contributed by atoms with Crippen molar-refractivity contribution in [3.63, 3.8) is 0 Å². The molecule has 8 fully saturated rings. The van der Waals surface area contributed by atoms with Crippen molar-refractivity contribution in [3.05, 3.63) is 72.8 Å². The highest BCUT2D eigenvalue weighted by Crippen LogP contribution is 2.60. The van der Waals surface area contributed by atoms with Gasteiger partial charge in [-0.05, 0) is 213 Å². The van der Waals surface area contributed by atoms with Gasteiger partial charge in [0, 0.05) is 61.8 Å². The fourth-order valence-electron chi connectivity index (χ4n) is 19.0. The Morgan fingerprint density at radius 1 is 0.533 bits per heavy atom. The Balaban J connectivity index is 0.000000207. The summed E-state index contributed by atoms with van der Waals surface area (Å²) in [7, 11) is -1.79. The largest absolute Gasteiger partial charge is 0.497 e. The summed E-state index contributed by atoms with van der Waals surface area (Å²) in [6.45, 7) is 17.0. The van der Waals surface area contributed by atoms with Crippen LogP contribution in [0.4, 0.5) is 0 Å². The standard InChI is InChI=1S/2C45H61N3O11S/c2*1-7-29-19-28(2)11-8-9-12-31-24-45(31,42(52)47-60(53,54)44(4)16-17-44)25-37(49)36-22-33(58-40-34-14-13-32(55-5)20-30(34)21-38(46-40)56-6)26-48(36)41(51)35(29)23-39(50)59-43(3)15-10-18-57-27-43/h2*9,12-14,20-21,28-29,31,33,35-36H,7-8,10-11,15-19,22-27H2,1-6H3,(H,47,52)/b2*12-9-/t28-,29+,31+,33+,35-,36-,43?,45+;28-,29-,31-,33-,35+,36+,43?,45-/m01/s1. The van der Waals surface area contributed by atoms with Gasteiger partial charge in [-0.15, -0.1) is 0 Å². The van der Waals surface area contributed by atoms with E-state index in [2.05, 4.69) is 33.3 Å². The van der Waals surface area contributed by atoms with Crippen LogP contribution in [-0.4, -0.2) is 197 Å². The van der Waals surface area contributed by atoms with Crippen molar-refractivity contribution < 1.29 is 103 Å². The number of allylic oxidation sites excluding steroid dienone is 4. The molecule has 4 aliphatic carbocycles. The lowest BCUT2D eigenvalue weighted by molar-refractivity contribution is -0.174. The van der Waals surface area contributed by atoms with Gasteiger partial charge < -0.3 is 57.2 Å². The molecule has 2 aromatic heterocycles. The molecule has 4 saturated heterocycles. The summed E-state index contributed by atoms with van der Waals surface area (Å²) in [4.78, 5) is 128. The number of carbonyl (C=O) groups excluding carboxylic acids is 8. The molecule has 0 radical (unpaired) electrons. The van der Waals surface area contributed by atoms with Crippen LogP contribution in [0.5, 0.6) is 35.0 Å². The minimum absolute atomic E-state index is 0.0180. The monoisotopic (exact) mass is 1700 g/mol. The number of nitrogens with one attached hydrogen (secondary N) is 2. The van der Waals surface area contributed by atoms with Crippen LogP contribution >= 0.6 is 0 Å². The zero-order chi connectivity index (χ0) is 86.1. The van der Waals surface area contributed by atoms with Gasteiger partial charge in [-0.2, -0.15) is 9.97 Å². The summed E-state index contributed by atoms with van der Waals surface area (Å²) in [6, 6.07) is 12.4. The van der Waals surface area contributed by atoms with E-state index in [9.17, 15) is 45.6 Å². The molecular formula is C90H122N6O22S2. The van der Waals surface area contributed by atoms with Crippen molar-refractivity contribution in [1.29, 1.82) is 0 Å². The molecule has 8 heterocycles. The van der Waals surface area contributed by atoms with Gasteiger partial charge in [0.1, 0.15) is 34.9 Å².